The third kappa shape index (κ3) is 2.49. The fourth-order valence-electron chi connectivity index (χ4n) is 2.04. The van der Waals surface area contributed by atoms with Crippen LogP contribution >= 0.6 is 0 Å². The van der Waals surface area contributed by atoms with Crippen LogP contribution in [0.25, 0.3) is 0 Å². The molecule has 0 spiro atoms. The maximum Gasteiger partial charge on any atom is 0.274 e. The molecule has 0 aliphatic carbocycles. The fourth-order valence-corrected chi connectivity index (χ4v) is 2.04. The zero-order chi connectivity index (χ0) is 14.9. The average molecular weight is 277 g/mol. The second kappa shape index (κ2) is 5.32. The molecule has 3 N–H and O–H groups in total. The van der Waals surface area contributed by atoms with Gasteiger partial charge in [0.15, 0.2) is 5.82 Å². The second-order valence-electron chi connectivity index (χ2n) is 4.68. The summed E-state index contributed by atoms with van der Waals surface area (Å²) in [4.78, 5) is 18.1. The van der Waals surface area contributed by atoms with Crippen molar-refractivity contribution in [2.75, 3.05) is 12.8 Å². The van der Waals surface area contributed by atoms with E-state index in [1.165, 1.54) is 9.58 Å². The van der Waals surface area contributed by atoms with Gasteiger partial charge in [0.2, 0.25) is 0 Å². The van der Waals surface area contributed by atoms with Crippen LogP contribution in [-0.4, -0.2) is 42.8 Å². The molecule has 0 aliphatic rings. The van der Waals surface area contributed by atoms with Crippen molar-refractivity contribution in [3.8, 4) is 0 Å². The molecule has 1 amide bonds. The van der Waals surface area contributed by atoms with Crippen LogP contribution in [0.2, 0.25) is 0 Å². The topological polar surface area (TPSA) is 106 Å². The number of hydrogen-bond acceptors (Lipinski definition) is 5. The third-order valence-corrected chi connectivity index (χ3v) is 3.07. The fraction of sp³-hybridized carbons (Fsp3) is 0.500. The molecule has 2 rings (SSSR count). The van der Waals surface area contributed by atoms with Crippen LogP contribution in [-0.2, 0) is 20.0 Å². The van der Waals surface area contributed by atoms with E-state index in [-0.39, 0.29) is 5.91 Å². The Balaban J connectivity index is 2.20. The highest BCUT2D eigenvalue weighted by Crippen LogP contribution is 2.18. The average Bonchev–Trinajstić information content (AvgIpc) is 2.92. The zero-order valence-corrected chi connectivity index (χ0v) is 12.1. The number of aromatic nitrogens is 5. The molecule has 0 aliphatic heterocycles. The van der Waals surface area contributed by atoms with Crippen LogP contribution in [0.4, 0.5) is 5.69 Å². The quantitative estimate of drug-likeness (QED) is 0.834. The van der Waals surface area contributed by atoms with Gasteiger partial charge in [0.1, 0.15) is 11.5 Å². The number of aryl methyl sites for hydroxylation is 3. The number of aromatic amines is 1. The van der Waals surface area contributed by atoms with Gasteiger partial charge in [-0.3, -0.25) is 14.6 Å². The third-order valence-electron chi connectivity index (χ3n) is 3.07. The highest BCUT2D eigenvalue weighted by molar-refractivity contribution is 5.97. The number of anilines is 1. The van der Waals surface area contributed by atoms with E-state index >= 15 is 0 Å². The van der Waals surface area contributed by atoms with E-state index in [9.17, 15) is 4.79 Å². The van der Waals surface area contributed by atoms with Gasteiger partial charge in [0.05, 0.1) is 17.9 Å². The molecule has 0 unspecified atom stereocenters. The SMILES string of the molecule is CCc1nn(C)c(C(=O)N(C)Cc2n[nH]c(C)n2)c1N. The Kier molecular flexibility index (Phi) is 3.73. The summed E-state index contributed by atoms with van der Waals surface area (Å²) in [7, 11) is 3.40. The lowest BCUT2D eigenvalue weighted by molar-refractivity contribution is 0.0772. The van der Waals surface area contributed by atoms with Gasteiger partial charge in [-0.1, -0.05) is 6.92 Å². The van der Waals surface area contributed by atoms with Crippen molar-refractivity contribution in [1.82, 2.24) is 29.9 Å². The van der Waals surface area contributed by atoms with Crippen LogP contribution in [0.5, 0.6) is 0 Å². The lowest BCUT2D eigenvalue weighted by Gasteiger charge is -2.15. The molecule has 0 aromatic carbocycles. The molecule has 0 radical (unpaired) electrons. The van der Waals surface area contributed by atoms with E-state index in [1.807, 2.05) is 13.8 Å². The van der Waals surface area contributed by atoms with Gasteiger partial charge in [0.25, 0.3) is 5.91 Å². The van der Waals surface area contributed by atoms with Gasteiger partial charge in [0, 0.05) is 14.1 Å². The number of amides is 1. The minimum absolute atomic E-state index is 0.195. The van der Waals surface area contributed by atoms with E-state index in [0.717, 1.165) is 5.69 Å². The molecule has 0 fully saturated rings. The van der Waals surface area contributed by atoms with Crippen LogP contribution in [0, 0.1) is 6.92 Å². The molecule has 8 heteroatoms. The predicted octanol–water partition coefficient (Wildman–Crippen LogP) is 0.263. The second-order valence-corrected chi connectivity index (χ2v) is 4.68. The van der Waals surface area contributed by atoms with Crippen molar-refractivity contribution in [2.45, 2.75) is 26.8 Å². The zero-order valence-electron chi connectivity index (χ0n) is 12.1. The van der Waals surface area contributed by atoms with Crippen LogP contribution in [0.15, 0.2) is 0 Å². The Morgan fingerprint density at radius 3 is 2.70 bits per heavy atom. The van der Waals surface area contributed by atoms with Crippen molar-refractivity contribution < 1.29 is 4.79 Å². The number of nitrogen functional groups attached to an aromatic ring is 1. The highest BCUT2D eigenvalue weighted by atomic mass is 16.2. The lowest BCUT2D eigenvalue weighted by atomic mass is 10.2. The van der Waals surface area contributed by atoms with E-state index in [0.29, 0.717) is 36.0 Å². The van der Waals surface area contributed by atoms with Crippen LogP contribution in [0.1, 0.15) is 34.8 Å². The number of rotatable bonds is 4. The molecule has 2 aromatic rings. The van der Waals surface area contributed by atoms with Crippen molar-refractivity contribution in [1.29, 1.82) is 0 Å². The van der Waals surface area contributed by atoms with E-state index in [4.69, 9.17) is 5.73 Å². The minimum atomic E-state index is -0.195. The lowest BCUT2D eigenvalue weighted by Crippen LogP contribution is -2.29. The summed E-state index contributed by atoms with van der Waals surface area (Å²) in [6.07, 6.45) is 0.691. The molecule has 0 saturated heterocycles. The van der Waals surface area contributed by atoms with Gasteiger partial charge in [-0.05, 0) is 13.3 Å². The summed E-state index contributed by atoms with van der Waals surface area (Å²) >= 11 is 0. The summed E-state index contributed by atoms with van der Waals surface area (Å²) in [6.45, 7) is 4.08. The Hall–Kier alpha value is -2.38. The highest BCUT2D eigenvalue weighted by Gasteiger charge is 2.22. The first kappa shape index (κ1) is 14.0. The number of carbonyl (C=O) groups excluding carboxylic acids is 1. The van der Waals surface area contributed by atoms with Crippen molar-refractivity contribution in [2.24, 2.45) is 7.05 Å². The van der Waals surface area contributed by atoms with Gasteiger partial charge in [-0.15, -0.1) is 0 Å². The first-order chi connectivity index (χ1) is 9.43. The van der Waals surface area contributed by atoms with E-state index < -0.39 is 0 Å². The summed E-state index contributed by atoms with van der Waals surface area (Å²) in [5.74, 6) is 1.09. The molecule has 0 bridgehead atoms. The number of H-pyrrole nitrogens is 1. The molecule has 0 saturated carbocycles. The van der Waals surface area contributed by atoms with Crippen LogP contribution < -0.4 is 5.73 Å². The van der Waals surface area contributed by atoms with Gasteiger partial charge in [-0.2, -0.15) is 10.2 Å². The molecular weight excluding hydrogens is 258 g/mol. The van der Waals surface area contributed by atoms with Crippen molar-refractivity contribution in [3.63, 3.8) is 0 Å². The maximum atomic E-state index is 12.4. The first-order valence-corrected chi connectivity index (χ1v) is 6.38. The smallest absolute Gasteiger partial charge is 0.274 e. The Morgan fingerprint density at radius 2 is 2.20 bits per heavy atom. The van der Waals surface area contributed by atoms with E-state index in [2.05, 4.69) is 20.3 Å². The van der Waals surface area contributed by atoms with Gasteiger partial charge in [-0.25, -0.2) is 4.98 Å². The Morgan fingerprint density at radius 1 is 1.50 bits per heavy atom. The van der Waals surface area contributed by atoms with Crippen molar-refractivity contribution in [3.05, 3.63) is 23.0 Å². The number of nitrogens with one attached hydrogen (secondary N) is 1. The summed E-state index contributed by atoms with van der Waals surface area (Å²) < 4.78 is 1.52. The summed E-state index contributed by atoms with van der Waals surface area (Å²) in [5, 5.41) is 11.0. The van der Waals surface area contributed by atoms with E-state index in [1.54, 1.807) is 14.1 Å². The molecule has 2 aromatic heterocycles. The maximum absolute atomic E-state index is 12.4. The summed E-state index contributed by atoms with van der Waals surface area (Å²) in [6, 6.07) is 0. The normalized spacial score (nSPS) is 10.8. The molecule has 8 nitrogen and oxygen atoms in total. The number of hydrogen-bond donors (Lipinski definition) is 2. The molecule has 0 atom stereocenters. The van der Waals surface area contributed by atoms with Crippen molar-refractivity contribution >= 4 is 11.6 Å². The molecular formula is C12H19N7O. The van der Waals surface area contributed by atoms with Crippen LogP contribution in [0.3, 0.4) is 0 Å². The number of nitrogens with zero attached hydrogens (tertiary/aromatic N) is 5. The monoisotopic (exact) mass is 277 g/mol. The molecule has 2 heterocycles. The molecule has 20 heavy (non-hydrogen) atoms. The standard InChI is InChI=1S/C12H19N7O/c1-5-8-10(13)11(19(4)17-8)12(20)18(3)6-9-14-7(2)15-16-9/h5-6,13H2,1-4H3,(H,14,15,16). The Labute approximate surface area is 117 Å². The minimum Gasteiger partial charge on any atom is -0.395 e. The number of nitrogens with two attached hydrogens (primary N) is 1. The summed E-state index contributed by atoms with van der Waals surface area (Å²) in [5.41, 5.74) is 7.56. The van der Waals surface area contributed by atoms with Gasteiger partial charge >= 0.3 is 0 Å². The number of carbonyl (C=O) groups is 1. The largest absolute Gasteiger partial charge is 0.395 e. The molecule has 108 valence electrons. The predicted molar refractivity (Wildman–Crippen MR) is 73.9 cm³/mol. The first-order valence-electron chi connectivity index (χ1n) is 6.38. The Bertz CT molecular complexity index is 628. The van der Waals surface area contributed by atoms with Gasteiger partial charge < -0.3 is 10.6 Å².